The Balaban J connectivity index is 1.47. The molecule has 0 atom stereocenters. The molecule has 0 aliphatic rings. The summed E-state index contributed by atoms with van der Waals surface area (Å²) in [5.41, 5.74) is 3.06. The van der Waals surface area contributed by atoms with Gasteiger partial charge in [0.25, 0.3) is 0 Å². The molecule has 0 spiro atoms. The van der Waals surface area contributed by atoms with Crippen molar-refractivity contribution in [2.75, 3.05) is 0 Å². The molecule has 3 aromatic heterocycles. The summed E-state index contributed by atoms with van der Waals surface area (Å²) in [5.74, 6) is 0. The second-order valence-corrected chi connectivity index (χ2v) is 10.8. The maximum absolute atomic E-state index is 9.43. The molecule has 45 heavy (non-hydrogen) atoms. The lowest BCUT2D eigenvalue weighted by Gasteiger charge is -2.09. The standard InChI is InChI=1S/C42H26N2O/c1-3-11-27(12-4-1)28-19-21-30(22-20-28)44-36-17-9-7-15-31(36)32-23-24-34-33-25-26-38-39(41(33)45-42(34)40(32)44)35-16-8-10-18-37(35)43(38)29-13-5-2-6-14-29/h1-26H/i7D,8D,9D,10D,15D,16D,17D,18D,23D,24D,25D,26D. The molecule has 0 fully saturated rings. The molecule has 0 bridgehead atoms. The lowest BCUT2D eigenvalue weighted by molar-refractivity contribution is 0.675. The first kappa shape index (κ1) is 15.6. The molecule has 0 N–H and O–H groups in total. The van der Waals surface area contributed by atoms with Crippen molar-refractivity contribution in [3.8, 4) is 22.5 Å². The Morgan fingerprint density at radius 1 is 0.422 bits per heavy atom. The third kappa shape index (κ3) is 3.41. The molecule has 0 amide bonds. The molecule has 10 aromatic rings. The van der Waals surface area contributed by atoms with E-state index >= 15 is 0 Å². The Morgan fingerprint density at radius 2 is 1.00 bits per heavy atom. The van der Waals surface area contributed by atoms with E-state index in [-0.39, 0.29) is 95.8 Å². The van der Waals surface area contributed by atoms with E-state index in [0.29, 0.717) is 11.4 Å². The highest BCUT2D eigenvalue weighted by molar-refractivity contribution is 6.27. The van der Waals surface area contributed by atoms with Gasteiger partial charge in [-0.1, -0.05) is 103 Å². The van der Waals surface area contributed by atoms with Crippen molar-refractivity contribution >= 4 is 65.6 Å². The van der Waals surface area contributed by atoms with Crippen molar-refractivity contribution < 1.29 is 20.9 Å². The third-order valence-corrected chi connectivity index (χ3v) is 8.42. The Labute approximate surface area is 275 Å². The number of aromatic nitrogens is 2. The predicted octanol–water partition coefficient (Wildman–Crippen LogP) is 11.4. The van der Waals surface area contributed by atoms with Gasteiger partial charge in [0.2, 0.25) is 0 Å². The first-order valence-electron chi connectivity index (χ1n) is 20.4. The largest absolute Gasteiger partial charge is 0.453 e. The Hall–Kier alpha value is -6.06. The summed E-state index contributed by atoms with van der Waals surface area (Å²) in [6.45, 7) is 0. The summed E-state index contributed by atoms with van der Waals surface area (Å²) in [6, 6.07) is 20.7. The molecule has 0 aliphatic heterocycles. The van der Waals surface area contributed by atoms with Gasteiger partial charge in [-0.3, -0.25) is 0 Å². The maximum Gasteiger partial charge on any atom is 0.160 e. The number of hydrogen-bond acceptors (Lipinski definition) is 1. The molecule has 0 saturated carbocycles. The fourth-order valence-corrected chi connectivity index (χ4v) is 6.46. The summed E-state index contributed by atoms with van der Waals surface area (Å²) in [5, 5.41) is 0.177. The van der Waals surface area contributed by atoms with E-state index in [2.05, 4.69) is 0 Å². The van der Waals surface area contributed by atoms with Crippen molar-refractivity contribution in [1.29, 1.82) is 0 Å². The van der Waals surface area contributed by atoms with E-state index in [9.17, 15) is 5.48 Å². The molecule has 0 unspecified atom stereocenters. The van der Waals surface area contributed by atoms with Gasteiger partial charge in [0.1, 0.15) is 5.58 Å². The van der Waals surface area contributed by atoms with Crippen LogP contribution in [0.1, 0.15) is 16.4 Å². The Kier molecular flexibility index (Phi) is 3.20. The molecule has 3 heteroatoms. The maximum atomic E-state index is 9.43. The van der Waals surface area contributed by atoms with Crippen LogP contribution in [0.4, 0.5) is 0 Å². The van der Waals surface area contributed by atoms with Gasteiger partial charge in [0.05, 0.1) is 43.9 Å². The van der Waals surface area contributed by atoms with Crippen molar-refractivity contribution in [1.82, 2.24) is 9.13 Å². The smallest absolute Gasteiger partial charge is 0.160 e. The Morgan fingerprint density at radius 3 is 1.78 bits per heavy atom. The Bertz CT molecular complexity index is 3410. The lowest BCUT2D eigenvalue weighted by atomic mass is 10.1. The van der Waals surface area contributed by atoms with Gasteiger partial charge in [0, 0.05) is 38.3 Å². The minimum Gasteiger partial charge on any atom is -0.453 e. The summed E-state index contributed by atoms with van der Waals surface area (Å²) < 4.78 is 118. The zero-order chi connectivity index (χ0) is 39.9. The highest BCUT2D eigenvalue weighted by Gasteiger charge is 2.22. The summed E-state index contributed by atoms with van der Waals surface area (Å²) in [6.07, 6.45) is 0. The third-order valence-electron chi connectivity index (χ3n) is 8.42. The van der Waals surface area contributed by atoms with Crippen LogP contribution < -0.4 is 0 Å². The number of furan rings is 1. The molecule has 7 aromatic carbocycles. The van der Waals surface area contributed by atoms with Crippen molar-refractivity contribution in [2.45, 2.75) is 0 Å². The van der Waals surface area contributed by atoms with E-state index in [1.807, 2.05) is 42.5 Å². The van der Waals surface area contributed by atoms with Crippen LogP contribution in [0, 0.1) is 0 Å². The average Bonchev–Trinajstić information content (AvgIpc) is 3.92. The zero-order valence-corrected chi connectivity index (χ0v) is 23.4. The first-order chi connectivity index (χ1) is 27.3. The van der Waals surface area contributed by atoms with Crippen molar-refractivity contribution in [3.63, 3.8) is 0 Å². The van der Waals surface area contributed by atoms with Crippen LogP contribution >= 0.6 is 0 Å². The van der Waals surface area contributed by atoms with Gasteiger partial charge in [0.15, 0.2) is 5.58 Å². The van der Waals surface area contributed by atoms with Crippen molar-refractivity contribution in [2.24, 2.45) is 0 Å². The van der Waals surface area contributed by atoms with Crippen LogP contribution in [0.2, 0.25) is 0 Å². The molecule has 0 radical (unpaired) electrons. The monoisotopic (exact) mass is 586 g/mol. The summed E-state index contributed by atoms with van der Waals surface area (Å²) >= 11 is 0. The lowest BCUT2D eigenvalue weighted by Crippen LogP contribution is -1.94. The normalized spacial score (nSPS) is 15.7. The minimum absolute atomic E-state index is 0.00966. The average molecular weight is 587 g/mol. The number of nitrogens with zero attached hydrogens (tertiary/aromatic N) is 2. The zero-order valence-electron chi connectivity index (χ0n) is 35.4. The van der Waals surface area contributed by atoms with Gasteiger partial charge in [-0.15, -0.1) is 0 Å². The van der Waals surface area contributed by atoms with Gasteiger partial charge in [-0.05, 0) is 65.6 Å². The molecular weight excluding hydrogens is 548 g/mol. The first-order valence-corrected chi connectivity index (χ1v) is 14.4. The van der Waals surface area contributed by atoms with E-state index < -0.39 is 42.3 Å². The molecule has 3 nitrogen and oxygen atoms in total. The number of hydrogen-bond donors (Lipinski definition) is 0. The SMILES string of the molecule is [2H]c1c([2H])c([2H])c2c(c1[2H])c1c3oc4c(c([2H])c([2H])c5c6c([2H])c([2H])c([2H])c([2H])c6n(-c6ccc(-c7ccccc7)cc6)c45)c3c([2H])c([2H])c1n2-c1ccccc1. The molecule has 10 rings (SSSR count). The number of rotatable bonds is 3. The molecule has 210 valence electrons. The van der Waals surface area contributed by atoms with E-state index in [1.165, 1.54) is 4.57 Å². The number of fused-ring (bicyclic) bond motifs is 11. The fourth-order valence-electron chi connectivity index (χ4n) is 6.46. The van der Waals surface area contributed by atoms with Crippen LogP contribution in [-0.2, 0) is 0 Å². The topological polar surface area (TPSA) is 23.0 Å². The van der Waals surface area contributed by atoms with E-state index in [1.54, 1.807) is 47.0 Å². The van der Waals surface area contributed by atoms with Gasteiger partial charge in [-0.2, -0.15) is 0 Å². The quantitative estimate of drug-likeness (QED) is 0.202. The van der Waals surface area contributed by atoms with E-state index in [4.69, 9.17) is 15.4 Å². The molecular formula is C42H26N2O. The van der Waals surface area contributed by atoms with Gasteiger partial charge >= 0.3 is 0 Å². The predicted molar refractivity (Wildman–Crippen MR) is 188 cm³/mol. The second-order valence-electron chi connectivity index (χ2n) is 10.8. The fraction of sp³-hybridized carbons (Fsp3) is 0. The highest BCUT2D eigenvalue weighted by Crippen LogP contribution is 2.44. The molecule has 3 heterocycles. The van der Waals surface area contributed by atoms with Crippen LogP contribution in [0.3, 0.4) is 0 Å². The number of para-hydroxylation sites is 3. The van der Waals surface area contributed by atoms with Crippen LogP contribution in [-0.4, -0.2) is 9.13 Å². The van der Waals surface area contributed by atoms with Crippen LogP contribution in [0.25, 0.3) is 88.1 Å². The second kappa shape index (κ2) is 9.22. The summed E-state index contributed by atoms with van der Waals surface area (Å²) in [4.78, 5) is 0. The summed E-state index contributed by atoms with van der Waals surface area (Å²) in [7, 11) is 0. The van der Waals surface area contributed by atoms with E-state index in [0.717, 1.165) is 11.1 Å². The molecule has 0 aliphatic carbocycles. The molecule has 0 saturated heterocycles. The number of benzene rings is 7. The highest BCUT2D eigenvalue weighted by atomic mass is 16.3. The van der Waals surface area contributed by atoms with Gasteiger partial charge in [-0.25, -0.2) is 0 Å². The minimum atomic E-state index is -0.515. The van der Waals surface area contributed by atoms with Crippen molar-refractivity contribution in [3.05, 3.63) is 157 Å². The van der Waals surface area contributed by atoms with Gasteiger partial charge < -0.3 is 13.6 Å². The van der Waals surface area contributed by atoms with Crippen LogP contribution in [0.15, 0.2) is 162 Å². The van der Waals surface area contributed by atoms with Crippen LogP contribution in [0.5, 0.6) is 0 Å².